The highest BCUT2D eigenvalue weighted by Gasteiger charge is 2.20. The minimum Gasteiger partial charge on any atom is -0.358 e. The Morgan fingerprint density at radius 2 is 2.40 bits per heavy atom. The van der Waals surface area contributed by atoms with E-state index in [0.717, 1.165) is 19.3 Å². The molecule has 1 unspecified atom stereocenters. The largest absolute Gasteiger partial charge is 0.358 e. The van der Waals surface area contributed by atoms with Crippen LogP contribution in [0.25, 0.3) is 11.2 Å². The van der Waals surface area contributed by atoms with E-state index >= 15 is 0 Å². The van der Waals surface area contributed by atoms with Crippen molar-refractivity contribution in [3.05, 3.63) is 16.7 Å². The van der Waals surface area contributed by atoms with Crippen LogP contribution in [-0.2, 0) is 9.53 Å². The molecular weight excluding hydrogens is 262 g/mol. The summed E-state index contributed by atoms with van der Waals surface area (Å²) in [6.07, 6.45) is 4.35. The third-order valence-electron chi connectivity index (χ3n) is 3.19. The molecule has 1 fully saturated rings. The number of rotatable bonds is 2. The van der Waals surface area contributed by atoms with Crippen LogP contribution in [0.3, 0.4) is 0 Å². The number of amides is 1. The normalized spacial score (nSPS) is 19.1. The molecule has 3 rings (SSSR count). The number of aromatic amines is 1. The van der Waals surface area contributed by atoms with E-state index in [1.54, 1.807) is 10.9 Å². The number of anilines is 1. The van der Waals surface area contributed by atoms with E-state index in [2.05, 4.69) is 20.3 Å². The lowest BCUT2D eigenvalue weighted by Gasteiger charge is -2.23. The second-order valence-electron chi connectivity index (χ2n) is 4.74. The molecule has 2 N–H and O–H groups in total. The van der Waals surface area contributed by atoms with Crippen molar-refractivity contribution >= 4 is 23.0 Å². The molecule has 1 aliphatic heterocycles. The molecule has 0 bridgehead atoms. The number of nitrogens with zero attached hydrogens (tertiary/aromatic N) is 3. The zero-order valence-electron chi connectivity index (χ0n) is 11.0. The zero-order valence-corrected chi connectivity index (χ0v) is 11.0. The molecule has 0 aromatic carbocycles. The number of fused-ring (bicyclic) bond motifs is 1. The fraction of sp³-hybridized carbons (Fsp3) is 0.500. The Labute approximate surface area is 114 Å². The van der Waals surface area contributed by atoms with Crippen LogP contribution in [0.2, 0.25) is 0 Å². The van der Waals surface area contributed by atoms with Gasteiger partial charge in [0.2, 0.25) is 11.9 Å². The number of hydrogen-bond acceptors (Lipinski definition) is 5. The first kappa shape index (κ1) is 12.8. The van der Waals surface area contributed by atoms with Crippen molar-refractivity contribution in [2.45, 2.75) is 32.4 Å². The van der Waals surface area contributed by atoms with Gasteiger partial charge in [-0.2, -0.15) is 4.98 Å². The predicted octanol–water partition coefficient (Wildman–Crippen LogP) is 0.777. The number of hydrogen-bond donors (Lipinski definition) is 2. The van der Waals surface area contributed by atoms with Crippen molar-refractivity contribution in [2.24, 2.45) is 0 Å². The third-order valence-corrected chi connectivity index (χ3v) is 3.19. The first-order valence-electron chi connectivity index (χ1n) is 6.51. The molecular formula is C12H15N5O3. The van der Waals surface area contributed by atoms with Crippen LogP contribution in [0.15, 0.2) is 11.1 Å². The summed E-state index contributed by atoms with van der Waals surface area (Å²) in [5, 5.41) is 2.47. The number of aromatic nitrogens is 4. The highest BCUT2D eigenvalue weighted by Crippen LogP contribution is 2.24. The van der Waals surface area contributed by atoms with Gasteiger partial charge in [0.1, 0.15) is 6.23 Å². The Kier molecular flexibility index (Phi) is 3.23. The number of carbonyl (C=O) groups excluding carboxylic acids is 1. The molecule has 1 amide bonds. The van der Waals surface area contributed by atoms with Gasteiger partial charge in [0, 0.05) is 13.5 Å². The van der Waals surface area contributed by atoms with E-state index in [9.17, 15) is 9.59 Å². The van der Waals surface area contributed by atoms with E-state index < -0.39 is 0 Å². The average Bonchev–Trinajstić information content (AvgIpc) is 2.83. The molecule has 2 aromatic rings. The molecule has 8 nitrogen and oxygen atoms in total. The van der Waals surface area contributed by atoms with Gasteiger partial charge in [-0.15, -0.1) is 0 Å². The number of imidazole rings is 1. The lowest BCUT2D eigenvalue weighted by molar-refractivity contribution is -0.114. The maximum atomic E-state index is 11.9. The van der Waals surface area contributed by atoms with Crippen LogP contribution < -0.4 is 10.9 Å². The van der Waals surface area contributed by atoms with Gasteiger partial charge < -0.3 is 4.74 Å². The molecule has 1 aliphatic rings. The second kappa shape index (κ2) is 5.04. The van der Waals surface area contributed by atoms with E-state index in [0.29, 0.717) is 12.3 Å². The van der Waals surface area contributed by atoms with E-state index in [1.165, 1.54) is 6.92 Å². The molecule has 20 heavy (non-hydrogen) atoms. The highest BCUT2D eigenvalue weighted by molar-refractivity contribution is 5.87. The maximum absolute atomic E-state index is 11.9. The van der Waals surface area contributed by atoms with Gasteiger partial charge in [-0.3, -0.25) is 24.5 Å². The Bertz CT molecular complexity index is 699. The van der Waals surface area contributed by atoms with Crippen LogP contribution in [0.4, 0.5) is 5.95 Å². The maximum Gasteiger partial charge on any atom is 0.280 e. The summed E-state index contributed by atoms with van der Waals surface area (Å²) in [5.74, 6) is -0.181. The Morgan fingerprint density at radius 1 is 1.55 bits per heavy atom. The molecule has 8 heteroatoms. The van der Waals surface area contributed by atoms with Gasteiger partial charge in [-0.1, -0.05) is 0 Å². The molecule has 0 spiro atoms. The van der Waals surface area contributed by atoms with E-state index in [1.807, 2.05) is 0 Å². The smallest absolute Gasteiger partial charge is 0.280 e. The van der Waals surface area contributed by atoms with Crippen LogP contribution in [0.1, 0.15) is 32.4 Å². The van der Waals surface area contributed by atoms with Gasteiger partial charge in [0.05, 0.1) is 6.33 Å². The lowest BCUT2D eigenvalue weighted by atomic mass is 10.2. The Morgan fingerprint density at radius 3 is 3.10 bits per heavy atom. The summed E-state index contributed by atoms with van der Waals surface area (Å²) in [5.41, 5.74) is 0.283. The Hall–Kier alpha value is -2.22. The van der Waals surface area contributed by atoms with Crippen molar-refractivity contribution < 1.29 is 9.53 Å². The molecule has 3 heterocycles. The SMILES string of the molecule is CC(=O)Nc1nc2c(ncn2C2CCCCO2)c(=O)[nH]1. The van der Waals surface area contributed by atoms with Crippen LogP contribution >= 0.6 is 0 Å². The topological polar surface area (TPSA) is 102 Å². The monoisotopic (exact) mass is 277 g/mol. The number of carbonyl (C=O) groups is 1. The molecule has 1 atom stereocenters. The summed E-state index contributed by atoms with van der Waals surface area (Å²) < 4.78 is 7.42. The summed E-state index contributed by atoms with van der Waals surface area (Å²) in [4.78, 5) is 33.8. The van der Waals surface area contributed by atoms with Crippen molar-refractivity contribution in [1.82, 2.24) is 19.5 Å². The van der Waals surface area contributed by atoms with Gasteiger partial charge in [0.15, 0.2) is 11.2 Å². The quantitative estimate of drug-likeness (QED) is 0.844. The van der Waals surface area contributed by atoms with Gasteiger partial charge in [-0.25, -0.2) is 4.98 Å². The molecule has 106 valence electrons. The van der Waals surface area contributed by atoms with Crippen molar-refractivity contribution in [3.63, 3.8) is 0 Å². The average molecular weight is 277 g/mol. The first-order valence-corrected chi connectivity index (χ1v) is 6.51. The van der Waals surface area contributed by atoms with Crippen molar-refractivity contribution in [1.29, 1.82) is 0 Å². The molecule has 2 aromatic heterocycles. The van der Waals surface area contributed by atoms with E-state index in [4.69, 9.17) is 4.74 Å². The fourth-order valence-electron chi connectivity index (χ4n) is 2.31. The summed E-state index contributed by atoms with van der Waals surface area (Å²) in [7, 11) is 0. The lowest BCUT2D eigenvalue weighted by Crippen LogP contribution is -2.20. The minimum atomic E-state index is -0.381. The van der Waals surface area contributed by atoms with Crippen molar-refractivity contribution in [3.8, 4) is 0 Å². The Balaban J connectivity index is 2.06. The summed E-state index contributed by atoms with van der Waals surface area (Å²) in [6.45, 7) is 2.04. The fourth-order valence-corrected chi connectivity index (χ4v) is 2.31. The zero-order chi connectivity index (χ0) is 14.1. The van der Waals surface area contributed by atoms with Gasteiger partial charge in [0.25, 0.3) is 5.56 Å². The van der Waals surface area contributed by atoms with Gasteiger partial charge >= 0.3 is 0 Å². The summed E-state index contributed by atoms with van der Waals surface area (Å²) in [6, 6.07) is 0. The first-order chi connectivity index (χ1) is 9.65. The second-order valence-corrected chi connectivity index (χ2v) is 4.74. The van der Waals surface area contributed by atoms with Crippen molar-refractivity contribution in [2.75, 3.05) is 11.9 Å². The molecule has 1 saturated heterocycles. The van der Waals surface area contributed by atoms with Crippen LogP contribution in [-0.4, -0.2) is 32.0 Å². The van der Waals surface area contributed by atoms with Gasteiger partial charge in [-0.05, 0) is 19.3 Å². The predicted molar refractivity (Wildman–Crippen MR) is 71.3 cm³/mol. The highest BCUT2D eigenvalue weighted by atomic mass is 16.5. The standard InChI is InChI=1S/C12H15N5O3/c1-7(18)14-12-15-10-9(11(19)16-12)13-6-17(10)8-4-2-3-5-20-8/h6,8H,2-5H2,1H3,(H2,14,15,16,18,19). The van der Waals surface area contributed by atoms with E-state index in [-0.39, 0.29) is 29.2 Å². The molecule has 0 aliphatic carbocycles. The van der Waals surface area contributed by atoms with Crippen LogP contribution in [0.5, 0.6) is 0 Å². The number of ether oxygens (including phenoxy) is 1. The third kappa shape index (κ3) is 2.29. The number of nitrogens with one attached hydrogen (secondary N) is 2. The molecule has 0 radical (unpaired) electrons. The summed E-state index contributed by atoms with van der Waals surface area (Å²) >= 11 is 0. The van der Waals surface area contributed by atoms with Crippen LogP contribution in [0, 0.1) is 0 Å². The number of H-pyrrole nitrogens is 1. The molecule has 0 saturated carbocycles. The minimum absolute atomic E-state index is 0.118.